The molecule has 166 valence electrons. The van der Waals surface area contributed by atoms with Crippen molar-refractivity contribution >= 4 is 34.0 Å². The van der Waals surface area contributed by atoms with Crippen molar-refractivity contribution in [3.8, 4) is 5.69 Å². The number of aryl methyl sites for hydroxylation is 1. The monoisotopic (exact) mass is 449 g/mol. The summed E-state index contributed by atoms with van der Waals surface area (Å²) in [6, 6.07) is 10.2. The van der Waals surface area contributed by atoms with E-state index in [1.807, 2.05) is 0 Å². The van der Waals surface area contributed by atoms with Crippen molar-refractivity contribution in [1.82, 2.24) is 19.3 Å². The van der Waals surface area contributed by atoms with E-state index in [4.69, 9.17) is 0 Å². The number of aromatic nitrogens is 4. The fourth-order valence-corrected chi connectivity index (χ4v) is 3.28. The molecule has 0 aliphatic heterocycles. The molecule has 0 aliphatic rings. The van der Waals surface area contributed by atoms with E-state index in [1.165, 1.54) is 41.2 Å². The van der Waals surface area contributed by atoms with E-state index in [0.29, 0.717) is 5.56 Å². The molecule has 0 radical (unpaired) electrons. The zero-order chi connectivity index (χ0) is 23.7. The summed E-state index contributed by atoms with van der Waals surface area (Å²) in [5.41, 5.74) is -0.212. The van der Waals surface area contributed by atoms with Crippen molar-refractivity contribution in [3.05, 3.63) is 91.1 Å². The van der Waals surface area contributed by atoms with Crippen LogP contribution < -0.4 is 10.9 Å². The molecular formula is C20H15N7O6. The second kappa shape index (κ2) is 8.30. The third-order valence-electron chi connectivity index (χ3n) is 4.80. The lowest BCUT2D eigenvalue weighted by Gasteiger charge is -2.09. The summed E-state index contributed by atoms with van der Waals surface area (Å²) in [6.45, 7) is 1.23. The van der Waals surface area contributed by atoms with Crippen LogP contribution in [0.1, 0.15) is 5.56 Å². The van der Waals surface area contributed by atoms with Gasteiger partial charge in [-0.05, 0) is 24.6 Å². The number of benzene rings is 2. The summed E-state index contributed by atoms with van der Waals surface area (Å²) in [7, 11) is 0. The lowest BCUT2D eigenvalue weighted by molar-refractivity contribution is -0.384. The van der Waals surface area contributed by atoms with Crippen LogP contribution in [0.3, 0.4) is 0 Å². The molecule has 0 saturated heterocycles. The quantitative estimate of drug-likeness (QED) is 0.345. The number of nitro groups is 2. The van der Waals surface area contributed by atoms with Crippen LogP contribution in [0.5, 0.6) is 0 Å². The van der Waals surface area contributed by atoms with Gasteiger partial charge >= 0.3 is 0 Å². The van der Waals surface area contributed by atoms with Crippen LogP contribution in [0.15, 0.2) is 59.8 Å². The number of para-hydroxylation sites is 2. The first-order chi connectivity index (χ1) is 15.8. The first kappa shape index (κ1) is 21.3. The number of nitrogens with one attached hydrogen (secondary N) is 1. The Hall–Kier alpha value is -4.94. The molecule has 1 N–H and O–H groups in total. The summed E-state index contributed by atoms with van der Waals surface area (Å²) in [5.74, 6) is -0.670. The van der Waals surface area contributed by atoms with E-state index in [2.05, 4.69) is 15.4 Å². The van der Waals surface area contributed by atoms with E-state index >= 15 is 0 Å². The molecule has 2 heterocycles. The Morgan fingerprint density at radius 2 is 1.82 bits per heavy atom. The van der Waals surface area contributed by atoms with E-state index in [9.17, 15) is 29.8 Å². The van der Waals surface area contributed by atoms with Crippen LogP contribution in [0.4, 0.5) is 17.1 Å². The third kappa shape index (κ3) is 4.01. The van der Waals surface area contributed by atoms with Crippen molar-refractivity contribution in [2.24, 2.45) is 0 Å². The molecule has 4 rings (SSSR count). The second-order valence-corrected chi connectivity index (χ2v) is 7.04. The maximum Gasteiger partial charge on any atom is 0.294 e. The predicted molar refractivity (Wildman–Crippen MR) is 116 cm³/mol. The van der Waals surface area contributed by atoms with Crippen LogP contribution in [-0.2, 0) is 11.3 Å². The SMILES string of the molecule is Cc1ccc(NC(=O)Cn2cnc3c(cnn3-c3ccccc3[N+](=O)[O-])c2=O)c([N+](=O)[O-])c1. The van der Waals surface area contributed by atoms with Gasteiger partial charge in [-0.15, -0.1) is 0 Å². The molecule has 13 heteroatoms. The minimum Gasteiger partial charge on any atom is -0.319 e. The van der Waals surface area contributed by atoms with Gasteiger partial charge in [-0.3, -0.25) is 34.4 Å². The Labute approximate surface area is 184 Å². The molecule has 0 unspecified atom stereocenters. The molecular weight excluding hydrogens is 434 g/mol. The first-order valence-corrected chi connectivity index (χ1v) is 9.48. The Kier molecular flexibility index (Phi) is 5.36. The summed E-state index contributed by atoms with van der Waals surface area (Å²) < 4.78 is 2.19. The zero-order valence-electron chi connectivity index (χ0n) is 17.0. The van der Waals surface area contributed by atoms with E-state index in [0.717, 1.165) is 10.9 Å². The largest absolute Gasteiger partial charge is 0.319 e. The van der Waals surface area contributed by atoms with Crippen LogP contribution in [0.25, 0.3) is 16.7 Å². The fraction of sp³-hybridized carbons (Fsp3) is 0.100. The number of carbonyl (C=O) groups excluding carboxylic acids is 1. The number of nitrogens with zero attached hydrogens (tertiary/aromatic N) is 6. The van der Waals surface area contributed by atoms with Crippen LogP contribution in [0, 0.1) is 27.2 Å². The minimum atomic E-state index is -0.670. The molecule has 13 nitrogen and oxygen atoms in total. The van der Waals surface area contributed by atoms with E-state index in [-0.39, 0.29) is 33.8 Å². The highest BCUT2D eigenvalue weighted by atomic mass is 16.6. The number of anilines is 1. The van der Waals surface area contributed by atoms with Gasteiger partial charge in [-0.25, -0.2) is 9.67 Å². The normalized spacial score (nSPS) is 10.8. The lowest BCUT2D eigenvalue weighted by atomic mass is 10.2. The van der Waals surface area contributed by atoms with Gasteiger partial charge < -0.3 is 5.32 Å². The van der Waals surface area contributed by atoms with Gasteiger partial charge in [0, 0.05) is 12.1 Å². The topological polar surface area (TPSA) is 168 Å². The molecule has 0 atom stereocenters. The molecule has 33 heavy (non-hydrogen) atoms. The minimum absolute atomic E-state index is 0.00175. The molecule has 0 fully saturated rings. The summed E-state index contributed by atoms with van der Waals surface area (Å²) in [4.78, 5) is 50.8. The third-order valence-corrected chi connectivity index (χ3v) is 4.80. The molecule has 2 aromatic heterocycles. The number of rotatable bonds is 6. The summed E-state index contributed by atoms with van der Waals surface area (Å²) in [6.07, 6.45) is 2.32. The van der Waals surface area contributed by atoms with Gasteiger partial charge in [-0.2, -0.15) is 5.10 Å². The predicted octanol–water partition coefficient (Wildman–Crippen LogP) is 2.35. The maximum atomic E-state index is 12.8. The van der Waals surface area contributed by atoms with Crippen LogP contribution in [-0.4, -0.2) is 35.1 Å². The van der Waals surface area contributed by atoms with Crippen LogP contribution in [0.2, 0.25) is 0 Å². The molecule has 0 spiro atoms. The van der Waals surface area contributed by atoms with E-state index < -0.39 is 27.9 Å². The van der Waals surface area contributed by atoms with E-state index in [1.54, 1.807) is 19.1 Å². The number of hydrogen-bond donors (Lipinski definition) is 1. The molecule has 2 aromatic carbocycles. The molecule has 0 aliphatic carbocycles. The number of hydrogen-bond acceptors (Lipinski definition) is 8. The Balaban J connectivity index is 1.65. The maximum absolute atomic E-state index is 12.8. The van der Waals surface area contributed by atoms with Crippen molar-refractivity contribution in [2.75, 3.05) is 5.32 Å². The lowest BCUT2D eigenvalue weighted by Crippen LogP contribution is -2.28. The standard InChI is InChI=1S/C20H15N7O6/c1-12-6-7-14(17(8-12)27(32)33)23-18(28)10-24-11-21-19-13(20(24)29)9-22-25(19)15-4-2-3-5-16(15)26(30)31/h2-9,11H,10H2,1H3,(H,23,28). The smallest absolute Gasteiger partial charge is 0.294 e. The highest BCUT2D eigenvalue weighted by Crippen LogP contribution is 2.26. The van der Waals surface area contributed by atoms with Gasteiger partial charge in [0.1, 0.15) is 29.6 Å². The van der Waals surface area contributed by atoms with Crippen molar-refractivity contribution in [1.29, 1.82) is 0 Å². The van der Waals surface area contributed by atoms with Gasteiger partial charge in [0.25, 0.3) is 16.9 Å². The molecule has 4 aromatic rings. The zero-order valence-corrected chi connectivity index (χ0v) is 17.0. The average molecular weight is 449 g/mol. The van der Waals surface area contributed by atoms with Crippen molar-refractivity contribution in [3.63, 3.8) is 0 Å². The van der Waals surface area contributed by atoms with Gasteiger partial charge in [0.2, 0.25) is 5.91 Å². The number of fused-ring (bicyclic) bond motifs is 1. The second-order valence-electron chi connectivity index (χ2n) is 7.04. The summed E-state index contributed by atoms with van der Waals surface area (Å²) in [5, 5.41) is 29.1. The highest BCUT2D eigenvalue weighted by molar-refractivity contribution is 5.93. The molecule has 0 bridgehead atoms. The number of amides is 1. The highest BCUT2D eigenvalue weighted by Gasteiger charge is 2.20. The van der Waals surface area contributed by atoms with Crippen molar-refractivity contribution in [2.45, 2.75) is 13.5 Å². The van der Waals surface area contributed by atoms with Gasteiger partial charge in [0.05, 0.1) is 16.0 Å². The van der Waals surface area contributed by atoms with Gasteiger partial charge in [0.15, 0.2) is 5.65 Å². The fourth-order valence-electron chi connectivity index (χ4n) is 3.28. The Morgan fingerprint density at radius 1 is 1.09 bits per heavy atom. The Morgan fingerprint density at radius 3 is 2.55 bits per heavy atom. The number of nitro benzene ring substituents is 2. The Bertz CT molecular complexity index is 1490. The molecule has 1 amide bonds. The molecule has 0 saturated carbocycles. The van der Waals surface area contributed by atoms with Crippen LogP contribution >= 0.6 is 0 Å². The summed E-state index contributed by atoms with van der Waals surface area (Å²) >= 11 is 0. The van der Waals surface area contributed by atoms with Crippen molar-refractivity contribution < 1.29 is 14.6 Å². The number of carbonyl (C=O) groups is 1. The van der Waals surface area contributed by atoms with Gasteiger partial charge in [-0.1, -0.05) is 18.2 Å². The first-order valence-electron chi connectivity index (χ1n) is 9.48. The average Bonchev–Trinajstić information content (AvgIpc) is 3.21.